The quantitative estimate of drug-likeness (QED) is 0.456. The fourth-order valence-electron chi connectivity index (χ4n) is 2.80. The van der Waals surface area contributed by atoms with Crippen LogP contribution < -0.4 is 9.47 Å². The first kappa shape index (κ1) is 19.6. The number of unbranched alkanes of at least 4 members (excludes halogenated alkanes) is 7. The fraction of sp³-hybridized carbons (Fsp3) is 0.550. The first-order valence-corrected chi connectivity index (χ1v) is 9.62. The number of hydrogen-bond acceptors (Lipinski definition) is 3. The van der Waals surface area contributed by atoms with Crippen LogP contribution in [0.3, 0.4) is 0 Å². The molecule has 1 aromatic carbocycles. The van der Waals surface area contributed by atoms with Crippen LogP contribution >= 0.6 is 11.6 Å². The van der Waals surface area contributed by atoms with Crippen molar-refractivity contribution in [1.29, 1.82) is 0 Å². The number of nitrogens with zero attached hydrogens (tertiary/aromatic N) is 1. The second-order valence-electron chi connectivity index (χ2n) is 6.26. The lowest BCUT2D eigenvalue weighted by Crippen LogP contribution is -1.98. The van der Waals surface area contributed by atoms with Crippen LogP contribution in [0.1, 0.15) is 57.2 Å². The molecule has 138 valence electrons. The van der Waals surface area contributed by atoms with Crippen LogP contribution in [0.5, 0.6) is 11.5 Å². The summed E-state index contributed by atoms with van der Waals surface area (Å²) in [6.45, 7) is 0.717. The molecular weight excluding hydrogens is 336 g/mol. The van der Waals surface area contributed by atoms with E-state index in [2.05, 4.69) is 9.97 Å². The van der Waals surface area contributed by atoms with Gasteiger partial charge in [0.1, 0.15) is 17.3 Å². The Kier molecular flexibility index (Phi) is 9.27. The van der Waals surface area contributed by atoms with Crippen molar-refractivity contribution in [2.45, 2.75) is 57.8 Å². The van der Waals surface area contributed by atoms with Gasteiger partial charge in [0.2, 0.25) is 0 Å². The lowest BCUT2D eigenvalue weighted by atomic mass is 10.1. The number of ether oxygens (including phenoxy) is 2. The summed E-state index contributed by atoms with van der Waals surface area (Å²) in [6.07, 6.45) is 14.8. The van der Waals surface area contributed by atoms with E-state index in [-0.39, 0.29) is 0 Å². The van der Waals surface area contributed by atoms with Crippen LogP contribution in [0, 0.1) is 0 Å². The zero-order valence-corrected chi connectivity index (χ0v) is 15.9. The van der Waals surface area contributed by atoms with Crippen molar-refractivity contribution in [3.8, 4) is 11.5 Å². The summed E-state index contributed by atoms with van der Waals surface area (Å²) in [5.74, 6) is 2.59. The number of imidazole rings is 1. The smallest absolute Gasteiger partial charge is 0.138 e. The third-order valence-electron chi connectivity index (χ3n) is 4.26. The molecule has 2 rings (SSSR count). The highest BCUT2D eigenvalue weighted by atomic mass is 35.5. The van der Waals surface area contributed by atoms with Gasteiger partial charge >= 0.3 is 0 Å². The van der Waals surface area contributed by atoms with Gasteiger partial charge in [0.15, 0.2) is 0 Å². The SMILES string of the molecule is COc1ccc(OCCCCCCCCCCc2ncc[nH]2)c(Cl)c1. The van der Waals surface area contributed by atoms with E-state index < -0.39 is 0 Å². The average molecular weight is 365 g/mol. The maximum absolute atomic E-state index is 6.15. The maximum Gasteiger partial charge on any atom is 0.138 e. The number of methoxy groups -OCH3 is 1. The molecule has 0 spiro atoms. The molecule has 0 fully saturated rings. The Morgan fingerprint density at radius 1 is 1.00 bits per heavy atom. The predicted octanol–water partition coefficient (Wildman–Crippen LogP) is 5.81. The molecule has 1 heterocycles. The van der Waals surface area contributed by atoms with Crippen LogP contribution in [0.2, 0.25) is 5.02 Å². The molecule has 0 aliphatic carbocycles. The molecule has 0 atom stereocenters. The highest BCUT2D eigenvalue weighted by Gasteiger charge is 2.03. The van der Waals surface area contributed by atoms with Gasteiger partial charge in [-0.2, -0.15) is 0 Å². The van der Waals surface area contributed by atoms with E-state index in [0.29, 0.717) is 5.02 Å². The number of halogens is 1. The molecule has 5 heteroatoms. The van der Waals surface area contributed by atoms with E-state index in [1.54, 1.807) is 13.2 Å². The van der Waals surface area contributed by atoms with Crippen LogP contribution in [-0.4, -0.2) is 23.7 Å². The third-order valence-corrected chi connectivity index (χ3v) is 4.55. The monoisotopic (exact) mass is 364 g/mol. The summed E-state index contributed by atoms with van der Waals surface area (Å²) in [5, 5.41) is 0.605. The average Bonchev–Trinajstić information content (AvgIpc) is 3.14. The normalized spacial score (nSPS) is 10.8. The lowest BCUT2D eigenvalue weighted by molar-refractivity contribution is 0.304. The van der Waals surface area contributed by atoms with E-state index in [0.717, 1.165) is 36.8 Å². The number of aryl methyl sites for hydroxylation is 1. The molecule has 0 bridgehead atoms. The van der Waals surface area contributed by atoms with Gasteiger partial charge in [0.25, 0.3) is 0 Å². The Balaban J connectivity index is 1.41. The topological polar surface area (TPSA) is 47.1 Å². The van der Waals surface area contributed by atoms with Crippen molar-refractivity contribution in [1.82, 2.24) is 9.97 Å². The molecule has 0 unspecified atom stereocenters. The van der Waals surface area contributed by atoms with Crippen molar-refractivity contribution >= 4 is 11.6 Å². The van der Waals surface area contributed by atoms with Crippen LogP contribution in [0.15, 0.2) is 30.6 Å². The van der Waals surface area contributed by atoms with Crippen molar-refractivity contribution in [3.05, 3.63) is 41.4 Å². The minimum Gasteiger partial charge on any atom is -0.497 e. The predicted molar refractivity (Wildman–Crippen MR) is 103 cm³/mol. The van der Waals surface area contributed by atoms with E-state index in [1.807, 2.05) is 24.5 Å². The van der Waals surface area contributed by atoms with Gasteiger partial charge in [-0.25, -0.2) is 4.98 Å². The van der Waals surface area contributed by atoms with Gasteiger partial charge in [-0.1, -0.05) is 50.1 Å². The lowest BCUT2D eigenvalue weighted by Gasteiger charge is -2.09. The highest BCUT2D eigenvalue weighted by Crippen LogP contribution is 2.28. The van der Waals surface area contributed by atoms with Crippen molar-refractivity contribution in [3.63, 3.8) is 0 Å². The van der Waals surface area contributed by atoms with E-state index in [9.17, 15) is 0 Å². The molecule has 4 nitrogen and oxygen atoms in total. The molecule has 25 heavy (non-hydrogen) atoms. The van der Waals surface area contributed by atoms with Crippen molar-refractivity contribution < 1.29 is 9.47 Å². The fourth-order valence-corrected chi connectivity index (χ4v) is 3.02. The first-order valence-electron chi connectivity index (χ1n) is 9.24. The summed E-state index contributed by atoms with van der Waals surface area (Å²) < 4.78 is 10.9. The summed E-state index contributed by atoms with van der Waals surface area (Å²) >= 11 is 6.15. The molecule has 1 aromatic heterocycles. The minimum atomic E-state index is 0.605. The van der Waals surface area contributed by atoms with Gasteiger partial charge in [-0.3, -0.25) is 0 Å². The Labute approximate surface area is 155 Å². The number of H-pyrrole nitrogens is 1. The largest absolute Gasteiger partial charge is 0.497 e. The number of aromatic amines is 1. The minimum absolute atomic E-state index is 0.605. The molecule has 0 saturated heterocycles. The van der Waals surface area contributed by atoms with Gasteiger partial charge in [0.05, 0.1) is 18.7 Å². The molecule has 0 amide bonds. The van der Waals surface area contributed by atoms with E-state index in [1.165, 1.54) is 44.9 Å². The van der Waals surface area contributed by atoms with E-state index in [4.69, 9.17) is 21.1 Å². The zero-order chi connectivity index (χ0) is 17.7. The number of rotatable bonds is 13. The van der Waals surface area contributed by atoms with Crippen molar-refractivity contribution in [2.75, 3.05) is 13.7 Å². The highest BCUT2D eigenvalue weighted by molar-refractivity contribution is 6.32. The zero-order valence-electron chi connectivity index (χ0n) is 15.1. The number of hydrogen-bond donors (Lipinski definition) is 1. The Hall–Kier alpha value is -1.68. The van der Waals surface area contributed by atoms with E-state index >= 15 is 0 Å². The third kappa shape index (κ3) is 7.82. The molecule has 1 N–H and O–H groups in total. The summed E-state index contributed by atoms with van der Waals surface area (Å²) in [5.41, 5.74) is 0. The standard InChI is InChI=1S/C20H29ClN2O2/c1-24-17-11-12-19(18(21)16-17)25-15-9-7-5-3-2-4-6-8-10-20-22-13-14-23-20/h11-14,16H,2-10,15H2,1H3,(H,22,23). The van der Waals surface area contributed by atoms with Gasteiger partial charge in [-0.15, -0.1) is 0 Å². The summed E-state index contributed by atoms with van der Waals surface area (Å²) in [4.78, 5) is 7.40. The Morgan fingerprint density at radius 2 is 1.72 bits per heavy atom. The van der Waals surface area contributed by atoms with Gasteiger partial charge < -0.3 is 14.5 Å². The molecule has 0 radical (unpaired) electrons. The summed E-state index contributed by atoms with van der Waals surface area (Å²) in [7, 11) is 1.63. The second-order valence-corrected chi connectivity index (χ2v) is 6.67. The second kappa shape index (κ2) is 11.8. The van der Waals surface area contributed by atoms with Crippen LogP contribution in [0.25, 0.3) is 0 Å². The first-order chi connectivity index (χ1) is 12.3. The maximum atomic E-state index is 6.15. The number of nitrogens with one attached hydrogen (secondary N) is 1. The van der Waals surface area contributed by atoms with Gasteiger partial charge in [-0.05, 0) is 25.0 Å². The molecule has 0 saturated carbocycles. The van der Waals surface area contributed by atoms with Crippen LogP contribution in [-0.2, 0) is 6.42 Å². The van der Waals surface area contributed by atoms with Gasteiger partial charge in [0, 0.05) is 24.9 Å². The molecule has 0 aliphatic heterocycles. The van der Waals surface area contributed by atoms with Crippen molar-refractivity contribution in [2.24, 2.45) is 0 Å². The number of aromatic nitrogens is 2. The number of benzene rings is 1. The Morgan fingerprint density at radius 3 is 2.36 bits per heavy atom. The Bertz CT molecular complexity index is 587. The molecule has 2 aromatic rings. The van der Waals surface area contributed by atoms with Crippen LogP contribution in [0.4, 0.5) is 0 Å². The molecular formula is C20H29ClN2O2. The summed E-state index contributed by atoms with van der Waals surface area (Å²) in [6, 6.07) is 5.51. The molecule has 0 aliphatic rings.